The first-order valence-electron chi connectivity index (χ1n) is 4.91. The van der Waals surface area contributed by atoms with Crippen molar-refractivity contribution in [1.82, 2.24) is 4.90 Å². The van der Waals surface area contributed by atoms with Gasteiger partial charge in [-0.15, -0.1) is 24.0 Å². The Labute approximate surface area is 108 Å². The van der Waals surface area contributed by atoms with E-state index < -0.39 is 0 Å². The number of hydrogen-bond acceptors (Lipinski definition) is 1. The molecule has 0 saturated heterocycles. The number of benzene rings is 1. The highest BCUT2D eigenvalue weighted by atomic mass is 127. The van der Waals surface area contributed by atoms with E-state index in [1.54, 1.807) is 0 Å². The lowest BCUT2D eigenvalue weighted by Crippen LogP contribution is -2.39. The summed E-state index contributed by atoms with van der Waals surface area (Å²) >= 11 is 0. The van der Waals surface area contributed by atoms with Crippen LogP contribution in [0.25, 0.3) is 0 Å². The summed E-state index contributed by atoms with van der Waals surface area (Å²) in [6, 6.07) is 8.36. The highest BCUT2D eigenvalue weighted by Gasteiger charge is 2.17. The Morgan fingerprint density at radius 2 is 2.13 bits per heavy atom. The highest BCUT2D eigenvalue weighted by molar-refractivity contribution is 14.0. The first kappa shape index (κ1) is 12.3. The number of nitrogens with zero attached hydrogens (tertiary/aromatic N) is 2. The van der Waals surface area contributed by atoms with Crippen molar-refractivity contribution in [3.8, 4) is 0 Å². The van der Waals surface area contributed by atoms with Gasteiger partial charge in [0.2, 0.25) is 0 Å². The number of para-hydroxylation sites is 1. The Morgan fingerprint density at radius 1 is 1.40 bits per heavy atom. The zero-order chi connectivity index (χ0) is 9.97. The Kier molecular flexibility index (Phi) is 4.38. The molecular formula is C11H16IN3. The van der Waals surface area contributed by atoms with E-state index in [2.05, 4.69) is 40.3 Å². The Balaban J connectivity index is 0.00000112. The van der Waals surface area contributed by atoms with Crippen LogP contribution in [0.2, 0.25) is 0 Å². The molecule has 0 amide bonds. The van der Waals surface area contributed by atoms with Crippen molar-refractivity contribution in [2.75, 3.05) is 18.9 Å². The molecule has 0 fully saturated rings. The zero-order valence-electron chi connectivity index (χ0n) is 9.03. The van der Waals surface area contributed by atoms with Gasteiger partial charge in [0.25, 0.3) is 0 Å². The molecule has 3 nitrogen and oxygen atoms in total. The summed E-state index contributed by atoms with van der Waals surface area (Å²) in [5, 5.41) is 3.32. The van der Waals surface area contributed by atoms with Gasteiger partial charge in [0.1, 0.15) is 0 Å². The maximum Gasteiger partial charge on any atom is 0.198 e. The number of aliphatic imine (C=N–C) groups is 1. The van der Waals surface area contributed by atoms with E-state index in [0.29, 0.717) is 0 Å². The van der Waals surface area contributed by atoms with Crippen LogP contribution >= 0.6 is 24.0 Å². The molecule has 0 radical (unpaired) electrons. The summed E-state index contributed by atoms with van der Waals surface area (Å²) in [6.45, 7) is 4.07. The fraction of sp³-hybridized carbons (Fsp3) is 0.364. The molecule has 2 rings (SSSR count). The molecule has 1 N–H and O–H groups in total. The maximum absolute atomic E-state index is 4.23. The quantitative estimate of drug-likeness (QED) is 0.806. The number of hydrogen-bond donors (Lipinski definition) is 1. The molecule has 15 heavy (non-hydrogen) atoms. The van der Waals surface area contributed by atoms with Gasteiger partial charge in [-0.2, -0.15) is 0 Å². The minimum atomic E-state index is 0. The second-order valence-electron chi connectivity index (χ2n) is 3.34. The van der Waals surface area contributed by atoms with Crippen molar-refractivity contribution in [3.63, 3.8) is 0 Å². The third-order valence-corrected chi connectivity index (χ3v) is 2.52. The molecule has 1 aliphatic rings. The largest absolute Gasteiger partial charge is 0.339 e. The molecule has 0 aliphatic carbocycles. The number of fused-ring (bicyclic) bond motifs is 1. The van der Waals surface area contributed by atoms with E-state index >= 15 is 0 Å². The van der Waals surface area contributed by atoms with Gasteiger partial charge in [0.15, 0.2) is 5.96 Å². The van der Waals surface area contributed by atoms with E-state index in [1.165, 1.54) is 11.3 Å². The molecule has 1 aromatic rings. The van der Waals surface area contributed by atoms with Crippen LogP contribution in [0.1, 0.15) is 12.5 Å². The number of halogens is 1. The third-order valence-electron chi connectivity index (χ3n) is 2.52. The van der Waals surface area contributed by atoms with Crippen molar-refractivity contribution >= 4 is 35.6 Å². The third kappa shape index (κ3) is 2.42. The smallest absolute Gasteiger partial charge is 0.198 e. The van der Waals surface area contributed by atoms with Gasteiger partial charge in [-0.05, 0) is 18.6 Å². The number of anilines is 1. The Hall–Kier alpha value is -0.780. The normalized spacial score (nSPS) is 16.7. The van der Waals surface area contributed by atoms with Gasteiger partial charge in [-0.1, -0.05) is 18.2 Å². The van der Waals surface area contributed by atoms with Crippen molar-refractivity contribution < 1.29 is 0 Å². The Morgan fingerprint density at radius 3 is 2.80 bits per heavy atom. The molecule has 0 unspecified atom stereocenters. The average Bonchev–Trinajstić information content (AvgIpc) is 2.27. The lowest BCUT2D eigenvalue weighted by atomic mass is 10.1. The molecule has 4 heteroatoms. The first-order valence-corrected chi connectivity index (χ1v) is 4.91. The predicted molar refractivity (Wildman–Crippen MR) is 74.9 cm³/mol. The van der Waals surface area contributed by atoms with Crippen LogP contribution in [0, 0.1) is 0 Å². The van der Waals surface area contributed by atoms with Gasteiger partial charge in [0, 0.05) is 25.8 Å². The minimum absolute atomic E-state index is 0. The maximum atomic E-state index is 4.23. The highest BCUT2D eigenvalue weighted by Crippen LogP contribution is 2.22. The molecule has 1 aromatic carbocycles. The second kappa shape index (κ2) is 5.34. The standard InChI is InChI=1S/C11H15N3.HI/c1-3-14-8-9-6-4-5-7-10(9)13-11(14)12-2;/h4-7H,3,8H2,1-2H3,(H,12,13);1H. The zero-order valence-corrected chi connectivity index (χ0v) is 11.4. The van der Waals surface area contributed by atoms with Crippen molar-refractivity contribution in [2.24, 2.45) is 4.99 Å². The van der Waals surface area contributed by atoms with Gasteiger partial charge in [0.05, 0.1) is 0 Å². The summed E-state index contributed by atoms with van der Waals surface area (Å²) in [5.41, 5.74) is 2.51. The van der Waals surface area contributed by atoms with Crippen LogP contribution in [0.15, 0.2) is 29.3 Å². The topological polar surface area (TPSA) is 27.6 Å². The summed E-state index contributed by atoms with van der Waals surface area (Å²) < 4.78 is 0. The van der Waals surface area contributed by atoms with E-state index in [1.807, 2.05) is 13.1 Å². The van der Waals surface area contributed by atoms with Gasteiger partial charge in [-0.25, -0.2) is 0 Å². The van der Waals surface area contributed by atoms with E-state index in [9.17, 15) is 0 Å². The molecule has 0 aromatic heterocycles. The van der Waals surface area contributed by atoms with E-state index in [-0.39, 0.29) is 24.0 Å². The van der Waals surface area contributed by atoms with Crippen LogP contribution in [0.3, 0.4) is 0 Å². The SMILES string of the molecule is CCN1Cc2ccccc2NC1=NC.I. The van der Waals surface area contributed by atoms with Gasteiger partial charge in [-0.3, -0.25) is 4.99 Å². The van der Waals surface area contributed by atoms with Crippen molar-refractivity contribution in [1.29, 1.82) is 0 Å². The lowest BCUT2D eigenvalue weighted by Gasteiger charge is -2.31. The van der Waals surface area contributed by atoms with Crippen LogP contribution in [0.4, 0.5) is 5.69 Å². The molecule has 1 heterocycles. The number of guanidine groups is 1. The fourth-order valence-corrected chi connectivity index (χ4v) is 1.72. The van der Waals surface area contributed by atoms with Crippen molar-refractivity contribution in [2.45, 2.75) is 13.5 Å². The van der Waals surface area contributed by atoms with Crippen LogP contribution < -0.4 is 5.32 Å². The monoisotopic (exact) mass is 317 g/mol. The summed E-state index contributed by atoms with van der Waals surface area (Å²) in [5.74, 6) is 0.964. The average molecular weight is 317 g/mol. The van der Waals surface area contributed by atoms with Crippen LogP contribution in [-0.2, 0) is 6.54 Å². The van der Waals surface area contributed by atoms with Crippen LogP contribution in [-0.4, -0.2) is 24.5 Å². The lowest BCUT2D eigenvalue weighted by molar-refractivity contribution is 0.427. The van der Waals surface area contributed by atoms with E-state index in [0.717, 1.165) is 19.0 Å². The van der Waals surface area contributed by atoms with E-state index in [4.69, 9.17) is 0 Å². The second-order valence-corrected chi connectivity index (χ2v) is 3.34. The summed E-state index contributed by atoms with van der Waals surface area (Å²) in [7, 11) is 1.82. The van der Waals surface area contributed by atoms with Gasteiger partial charge >= 0.3 is 0 Å². The minimum Gasteiger partial charge on any atom is -0.339 e. The number of nitrogens with one attached hydrogen (secondary N) is 1. The predicted octanol–water partition coefficient (Wildman–Crippen LogP) is 2.54. The molecule has 0 atom stereocenters. The molecule has 0 bridgehead atoms. The molecule has 0 saturated carbocycles. The molecular weight excluding hydrogens is 301 g/mol. The van der Waals surface area contributed by atoms with Crippen LogP contribution in [0.5, 0.6) is 0 Å². The molecule has 1 aliphatic heterocycles. The van der Waals surface area contributed by atoms with Crippen molar-refractivity contribution in [3.05, 3.63) is 29.8 Å². The summed E-state index contributed by atoms with van der Waals surface area (Å²) in [6.07, 6.45) is 0. The first-order chi connectivity index (χ1) is 6.85. The molecule has 0 spiro atoms. The Bertz CT molecular complexity index is 363. The fourth-order valence-electron chi connectivity index (χ4n) is 1.72. The number of rotatable bonds is 1. The summed E-state index contributed by atoms with van der Waals surface area (Å²) in [4.78, 5) is 6.45. The van der Waals surface area contributed by atoms with Gasteiger partial charge < -0.3 is 10.2 Å². The molecule has 82 valence electrons.